The Hall–Kier alpha value is -0.470. The molecule has 1 aromatic heterocycles. The van der Waals surface area contributed by atoms with Crippen LogP contribution in [0.15, 0.2) is 34.5 Å². The van der Waals surface area contributed by atoms with Crippen molar-refractivity contribution in [3.8, 4) is 0 Å². The molecule has 0 N–H and O–H groups in total. The minimum absolute atomic E-state index is 0.576. The van der Waals surface area contributed by atoms with Crippen LogP contribution in [0.3, 0.4) is 0 Å². The van der Waals surface area contributed by atoms with Crippen molar-refractivity contribution in [2.75, 3.05) is 11.5 Å². The summed E-state index contributed by atoms with van der Waals surface area (Å²) in [5, 5.41) is 3.90. The third kappa shape index (κ3) is 1.37. The van der Waals surface area contributed by atoms with E-state index in [1.54, 1.807) is 4.90 Å². The minimum atomic E-state index is 0.576. The molecule has 3 rings (SSSR count). The van der Waals surface area contributed by atoms with E-state index in [-0.39, 0.29) is 0 Å². The molecule has 0 nitrogen and oxygen atoms in total. The lowest BCUT2D eigenvalue weighted by atomic mass is 10.3. The molecule has 0 spiro atoms. The molecule has 1 aliphatic heterocycles. The molecular weight excluding hydrogens is 208 g/mol. The van der Waals surface area contributed by atoms with Crippen molar-refractivity contribution in [3.63, 3.8) is 0 Å². The second-order valence-corrected chi connectivity index (χ2v) is 6.86. The predicted octanol–water partition coefficient (Wildman–Crippen LogP) is 3.67. The first-order chi connectivity index (χ1) is 6.95. The van der Waals surface area contributed by atoms with E-state index in [9.17, 15) is 0 Å². The summed E-state index contributed by atoms with van der Waals surface area (Å²) < 4.78 is 1.46. The number of rotatable bonds is 1. The first kappa shape index (κ1) is 8.81. The van der Waals surface area contributed by atoms with Crippen LogP contribution in [0.2, 0.25) is 0 Å². The van der Waals surface area contributed by atoms with Gasteiger partial charge in [-0.15, -0.1) is 11.3 Å². The summed E-state index contributed by atoms with van der Waals surface area (Å²) >= 11 is 1.91. The normalized spacial score (nSPS) is 18.0. The van der Waals surface area contributed by atoms with Crippen LogP contribution in [0.1, 0.15) is 12.8 Å². The van der Waals surface area contributed by atoms with Gasteiger partial charge in [0.2, 0.25) is 0 Å². The van der Waals surface area contributed by atoms with Crippen LogP contribution in [0.5, 0.6) is 0 Å². The molecule has 0 aliphatic carbocycles. The highest BCUT2D eigenvalue weighted by Gasteiger charge is 2.29. The van der Waals surface area contributed by atoms with Gasteiger partial charge in [0, 0.05) is 26.4 Å². The fourth-order valence-electron chi connectivity index (χ4n) is 2.05. The molecule has 1 aromatic carbocycles. The second-order valence-electron chi connectivity index (χ2n) is 3.70. The fraction of sp³-hybridized carbons (Fsp3) is 0.333. The van der Waals surface area contributed by atoms with Gasteiger partial charge >= 0.3 is 0 Å². The van der Waals surface area contributed by atoms with E-state index in [1.165, 1.54) is 34.4 Å². The summed E-state index contributed by atoms with van der Waals surface area (Å²) in [4.78, 5) is 1.64. The molecule has 0 amide bonds. The van der Waals surface area contributed by atoms with E-state index in [2.05, 4.69) is 29.6 Å². The highest BCUT2D eigenvalue weighted by atomic mass is 32.2. The first-order valence-corrected chi connectivity index (χ1v) is 7.53. The molecule has 0 bridgehead atoms. The third-order valence-corrected chi connectivity index (χ3v) is 6.42. The van der Waals surface area contributed by atoms with E-state index in [4.69, 9.17) is 0 Å². The molecule has 0 radical (unpaired) electrons. The molecule has 2 heteroatoms. The maximum Gasteiger partial charge on any atom is 0.173 e. The standard InChI is InChI=1S/C12H13S2/c1-2-6-11-10(5-1)12(9-13-11)14-7-3-4-8-14/h1-2,5-6,9H,3-4,7-8H2/q+1. The number of thiophene rings is 1. The Morgan fingerprint density at radius 2 is 1.86 bits per heavy atom. The quantitative estimate of drug-likeness (QED) is 0.645. The Morgan fingerprint density at radius 3 is 2.71 bits per heavy atom. The van der Waals surface area contributed by atoms with Gasteiger partial charge in [0.15, 0.2) is 4.90 Å². The first-order valence-electron chi connectivity index (χ1n) is 5.09. The molecule has 0 unspecified atom stereocenters. The van der Waals surface area contributed by atoms with Gasteiger partial charge in [0.05, 0.1) is 0 Å². The van der Waals surface area contributed by atoms with Gasteiger partial charge < -0.3 is 0 Å². The predicted molar refractivity (Wildman–Crippen MR) is 66.4 cm³/mol. The molecule has 72 valence electrons. The number of hydrogen-bond donors (Lipinski definition) is 0. The van der Waals surface area contributed by atoms with Crippen molar-refractivity contribution >= 4 is 32.3 Å². The average Bonchev–Trinajstić information content (AvgIpc) is 2.85. The zero-order valence-electron chi connectivity index (χ0n) is 8.03. The maximum atomic E-state index is 2.39. The summed E-state index contributed by atoms with van der Waals surface area (Å²) in [5.41, 5.74) is 0. The molecule has 1 aliphatic rings. The third-order valence-electron chi connectivity index (χ3n) is 2.79. The van der Waals surface area contributed by atoms with Crippen molar-refractivity contribution in [2.24, 2.45) is 0 Å². The van der Waals surface area contributed by atoms with Crippen molar-refractivity contribution in [2.45, 2.75) is 17.7 Å². The van der Waals surface area contributed by atoms with Crippen LogP contribution in [-0.2, 0) is 10.9 Å². The molecule has 2 aromatic rings. The molecule has 0 atom stereocenters. The Kier molecular flexibility index (Phi) is 2.26. The van der Waals surface area contributed by atoms with Gasteiger partial charge in [0.1, 0.15) is 11.5 Å². The smallest absolute Gasteiger partial charge is 0.138 e. The molecule has 1 saturated heterocycles. The SMILES string of the molecule is c1ccc2c([S+]3CCCC3)csc2c1. The Bertz CT molecular complexity index is 438. The van der Waals surface area contributed by atoms with Crippen LogP contribution in [-0.4, -0.2) is 11.5 Å². The van der Waals surface area contributed by atoms with Gasteiger partial charge in [-0.3, -0.25) is 0 Å². The van der Waals surface area contributed by atoms with Crippen molar-refractivity contribution in [1.29, 1.82) is 0 Å². The summed E-state index contributed by atoms with van der Waals surface area (Å²) in [7, 11) is 0.576. The number of fused-ring (bicyclic) bond motifs is 1. The van der Waals surface area contributed by atoms with Crippen LogP contribution in [0, 0.1) is 0 Å². The topological polar surface area (TPSA) is 0 Å². The minimum Gasteiger partial charge on any atom is -0.138 e. The van der Waals surface area contributed by atoms with Crippen molar-refractivity contribution in [1.82, 2.24) is 0 Å². The Labute approximate surface area is 91.3 Å². The lowest BCUT2D eigenvalue weighted by Gasteiger charge is -1.97. The summed E-state index contributed by atoms with van der Waals surface area (Å²) in [6.45, 7) is 0. The van der Waals surface area contributed by atoms with Gasteiger partial charge in [-0.1, -0.05) is 12.1 Å². The van der Waals surface area contributed by atoms with E-state index in [1.807, 2.05) is 11.3 Å². The van der Waals surface area contributed by atoms with E-state index >= 15 is 0 Å². The lowest BCUT2D eigenvalue weighted by Crippen LogP contribution is -2.02. The maximum absolute atomic E-state index is 2.39. The zero-order valence-corrected chi connectivity index (χ0v) is 9.66. The van der Waals surface area contributed by atoms with Crippen molar-refractivity contribution < 1.29 is 0 Å². The van der Waals surface area contributed by atoms with Crippen LogP contribution in [0.4, 0.5) is 0 Å². The molecule has 1 fully saturated rings. The van der Waals surface area contributed by atoms with Gasteiger partial charge in [0.25, 0.3) is 0 Å². The number of hydrogen-bond acceptors (Lipinski definition) is 1. The van der Waals surface area contributed by atoms with Crippen LogP contribution < -0.4 is 0 Å². The van der Waals surface area contributed by atoms with Crippen LogP contribution >= 0.6 is 11.3 Å². The average molecular weight is 221 g/mol. The van der Waals surface area contributed by atoms with Crippen molar-refractivity contribution in [3.05, 3.63) is 29.6 Å². The largest absolute Gasteiger partial charge is 0.173 e. The lowest BCUT2D eigenvalue weighted by molar-refractivity contribution is 0.949. The summed E-state index contributed by atoms with van der Waals surface area (Å²) in [5.74, 6) is 2.86. The van der Waals surface area contributed by atoms with E-state index < -0.39 is 0 Å². The number of benzene rings is 1. The fourth-order valence-corrected chi connectivity index (χ4v) is 5.87. The monoisotopic (exact) mass is 221 g/mol. The van der Waals surface area contributed by atoms with Gasteiger partial charge in [-0.05, 0) is 25.0 Å². The van der Waals surface area contributed by atoms with Crippen LogP contribution in [0.25, 0.3) is 10.1 Å². The highest BCUT2D eigenvalue weighted by Crippen LogP contribution is 2.33. The zero-order chi connectivity index (χ0) is 9.38. The molecule has 2 heterocycles. The van der Waals surface area contributed by atoms with E-state index in [0.717, 1.165) is 0 Å². The van der Waals surface area contributed by atoms with Gasteiger partial charge in [-0.25, -0.2) is 0 Å². The van der Waals surface area contributed by atoms with Gasteiger partial charge in [-0.2, -0.15) is 0 Å². The molecule has 0 saturated carbocycles. The Balaban J connectivity index is 2.11. The highest BCUT2D eigenvalue weighted by molar-refractivity contribution is 7.97. The summed E-state index contributed by atoms with van der Waals surface area (Å²) in [6.07, 6.45) is 2.88. The summed E-state index contributed by atoms with van der Waals surface area (Å²) in [6, 6.07) is 8.83. The molecule has 14 heavy (non-hydrogen) atoms. The molecular formula is C12H13S2+. The Morgan fingerprint density at radius 1 is 1.07 bits per heavy atom. The van der Waals surface area contributed by atoms with E-state index in [0.29, 0.717) is 10.9 Å². The second kappa shape index (κ2) is 3.59.